The van der Waals surface area contributed by atoms with Crippen molar-refractivity contribution in [1.29, 1.82) is 0 Å². The summed E-state index contributed by atoms with van der Waals surface area (Å²) in [5.74, 6) is 0.679. The molecule has 0 amide bonds. The second-order valence-electron chi connectivity index (χ2n) is 4.56. The molecule has 3 heteroatoms. The van der Waals surface area contributed by atoms with Crippen molar-refractivity contribution in [1.82, 2.24) is 4.90 Å². The van der Waals surface area contributed by atoms with Gasteiger partial charge in [-0.3, -0.25) is 4.90 Å². The fourth-order valence-corrected chi connectivity index (χ4v) is 2.07. The molecule has 0 heterocycles. The Kier molecular flexibility index (Phi) is 2.58. The lowest BCUT2D eigenvalue weighted by atomic mass is 10.0. The van der Waals surface area contributed by atoms with Gasteiger partial charge in [-0.2, -0.15) is 0 Å². The van der Waals surface area contributed by atoms with Crippen molar-refractivity contribution in [3.8, 4) is 0 Å². The molecular formula is C10H20N2O. The van der Waals surface area contributed by atoms with Crippen LogP contribution in [-0.2, 0) is 0 Å². The van der Waals surface area contributed by atoms with E-state index in [2.05, 4.69) is 11.9 Å². The number of aliphatic hydroxyl groups is 1. The first-order valence-corrected chi connectivity index (χ1v) is 5.32. The fraction of sp³-hybridized carbons (Fsp3) is 1.00. The zero-order valence-corrected chi connectivity index (χ0v) is 8.32. The van der Waals surface area contributed by atoms with Crippen molar-refractivity contribution in [3.63, 3.8) is 0 Å². The van der Waals surface area contributed by atoms with Crippen LogP contribution in [0.15, 0.2) is 0 Å². The predicted octanol–water partition coefficient (Wildman–Crippen LogP) is 0.179. The number of nitrogens with zero attached hydrogens (tertiary/aromatic N) is 1. The monoisotopic (exact) mass is 184 g/mol. The van der Waals surface area contributed by atoms with E-state index >= 15 is 0 Å². The molecule has 2 atom stereocenters. The quantitative estimate of drug-likeness (QED) is 0.641. The number of hydrogen-bond donors (Lipinski definition) is 2. The van der Waals surface area contributed by atoms with E-state index in [0.717, 1.165) is 0 Å². The van der Waals surface area contributed by atoms with E-state index in [1.54, 1.807) is 0 Å². The molecule has 0 aromatic heterocycles. The molecule has 0 aromatic rings. The van der Waals surface area contributed by atoms with Gasteiger partial charge < -0.3 is 10.8 Å². The summed E-state index contributed by atoms with van der Waals surface area (Å²) >= 11 is 0. The van der Waals surface area contributed by atoms with E-state index in [9.17, 15) is 5.11 Å². The Morgan fingerprint density at radius 1 is 1.38 bits per heavy atom. The molecule has 2 fully saturated rings. The second kappa shape index (κ2) is 3.56. The van der Waals surface area contributed by atoms with Gasteiger partial charge >= 0.3 is 0 Å². The molecule has 3 nitrogen and oxygen atoms in total. The second-order valence-corrected chi connectivity index (χ2v) is 4.56. The minimum absolute atomic E-state index is 0.190. The van der Waals surface area contributed by atoms with Gasteiger partial charge in [-0.1, -0.05) is 0 Å². The zero-order chi connectivity index (χ0) is 9.42. The van der Waals surface area contributed by atoms with Gasteiger partial charge in [0.05, 0.1) is 6.61 Å². The van der Waals surface area contributed by atoms with E-state index < -0.39 is 0 Å². The van der Waals surface area contributed by atoms with Crippen LogP contribution in [0.5, 0.6) is 0 Å². The SMILES string of the molecule is CN(C1CC1)C(CO)C(N)C1CC1. The molecule has 13 heavy (non-hydrogen) atoms. The maximum atomic E-state index is 9.30. The minimum atomic E-state index is 0.190. The smallest absolute Gasteiger partial charge is 0.0602 e. The molecule has 0 spiro atoms. The minimum Gasteiger partial charge on any atom is -0.395 e. The molecular weight excluding hydrogens is 164 g/mol. The van der Waals surface area contributed by atoms with E-state index in [1.165, 1.54) is 25.7 Å². The van der Waals surface area contributed by atoms with Crippen LogP contribution in [0.3, 0.4) is 0 Å². The Balaban J connectivity index is 1.89. The van der Waals surface area contributed by atoms with Gasteiger partial charge in [0, 0.05) is 18.1 Å². The summed E-state index contributed by atoms with van der Waals surface area (Å²) in [6.45, 7) is 0.213. The maximum absolute atomic E-state index is 9.30. The largest absolute Gasteiger partial charge is 0.395 e. The van der Waals surface area contributed by atoms with Gasteiger partial charge in [0.2, 0.25) is 0 Å². The summed E-state index contributed by atoms with van der Waals surface area (Å²) in [7, 11) is 2.10. The van der Waals surface area contributed by atoms with Gasteiger partial charge in [0.15, 0.2) is 0 Å². The summed E-state index contributed by atoms with van der Waals surface area (Å²) in [5, 5.41) is 9.30. The summed E-state index contributed by atoms with van der Waals surface area (Å²) in [4.78, 5) is 2.28. The van der Waals surface area contributed by atoms with Crippen LogP contribution >= 0.6 is 0 Å². The Bertz CT molecular complexity index is 160. The molecule has 0 bridgehead atoms. The highest BCUT2D eigenvalue weighted by Crippen LogP contribution is 2.36. The van der Waals surface area contributed by atoms with Crippen molar-refractivity contribution in [3.05, 3.63) is 0 Å². The number of rotatable bonds is 5. The predicted molar refractivity (Wildman–Crippen MR) is 52.4 cm³/mol. The zero-order valence-electron chi connectivity index (χ0n) is 8.32. The van der Waals surface area contributed by atoms with Crippen molar-refractivity contribution in [2.75, 3.05) is 13.7 Å². The van der Waals surface area contributed by atoms with Gasteiger partial charge in [-0.15, -0.1) is 0 Å². The number of aliphatic hydroxyl groups excluding tert-OH is 1. The Morgan fingerprint density at radius 2 is 2.00 bits per heavy atom. The summed E-state index contributed by atoms with van der Waals surface area (Å²) in [6.07, 6.45) is 5.08. The molecule has 2 aliphatic carbocycles. The van der Waals surface area contributed by atoms with Crippen molar-refractivity contribution in [2.45, 2.75) is 43.8 Å². The molecule has 0 aliphatic heterocycles. The molecule has 2 aliphatic rings. The number of hydrogen-bond acceptors (Lipinski definition) is 3. The molecule has 76 valence electrons. The first-order chi connectivity index (χ1) is 6.24. The lowest BCUT2D eigenvalue weighted by molar-refractivity contribution is 0.114. The lowest BCUT2D eigenvalue weighted by Crippen LogP contribution is -2.50. The van der Waals surface area contributed by atoms with E-state index in [0.29, 0.717) is 12.0 Å². The third-order valence-corrected chi connectivity index (χ3v) is 3.44. The van der Waals surface area contributed by atoms with E-state index in [-0.39, 0.29) is 18.7 Å². The molecule has 2 unspecified atom stereocenters. The van der Waals surface area contributed by atoms with Crippen molar-refractivity contribution >= 4 is 0 Å². The summed E-state index contributed by atoms with van der Waals surface area (Å²) < 4.78 is 0. The van der Waals surface area contributed by atoms with Crippen LogP contribution in [0.1, 0.15) is 25.7 Å². The molecule has 2 saturated carbocycles. The Labute approximate surface area is 79.9 Å². The average molecular weight is 184 g/mol. The molecule has 0 radical (unpaired) electrons. The maximum Gasteiger partial charge on any atom is 0.0602 e. The molecule has 3 N–H and O–H groups in total. The molecule has 0 aromatic carbocycles. The normalized spacial score (nSPS) is 27.7. The number of nitrogens with two attached hydrogens (primary N) is 1. The van der Waals surface area contributed by atoms with Crippen LogP contribution in [0.2, 0.25) is 0 Å². The molecule has 2 rings (SSSR count). The van der Waals surface area contributed by atoms with Crippen LogP contribution in [-0.4, -0.2) is 41.8 Å². The highest BCUT2D eigenvalue weighted by molar-refractivity contribution is 4.96. The Morgan fingerprint density at radius 3 is 2.38 bits per heavy atom. The van der Waals surface area contributed by atoms with Gasteiger partial charge in [-0.25, -0.2) is 0 Å². The van der Waals surface area contributed by atoms with Gasteiger partial charge in [0.25, 0.3) is 0 Å². The van der Waals surface area contributed by atoms with Gasteiger partial charge in [-0.05, 0) is 38.6 Å². The van der Waals surface area contributed by atoms with Crippen LogP contribution in [0, 0.1) is 5.92 Å². The van der Waals surface area contributed by atoms with Crippen LogP contribution < -0.4 is 5.73 Å². The third kappa shape index (κ3) is 2.03. The summed E-state index contributed by atoms with van der Waals surface area (Å²) in [6, 6.07) is 1.08. The topological polar surface area (TPSA) is 49.5 Å². The highest BCUT2D eigenvalue weighted by Gasteiger charge is 2.39. The molecule has 0 saturated heterocycles. The van der Waals surface area contributed by atoms with Crippen molar-refractivity contribution in [2.24, 2.45) is 11.7 Å². The first-order valence-electron chi connectivity index (χ1n) is 5.32. The van der Waals surface area contributed by atoms with Crippen LogP contribution in [0.25, 0.3) is 0 Å². The average Bonchev–Trinajstić information content (AvgIpc) is 2.98. The fourth-order valence-electron chi connectivity index (χ4n) is 2.07. The number of likely N-dealkylation sites (N-methyl/N-ethyl adjacent to an activating group) is 1. The third-order valence-electron chi connectivity index (χ3n) is 3.44. The highest BCUT2D eigenvalue weighted by atomic mass is 16.3. The first kappa shape index (κ1) is 9.44. The Hall–Kier alpha value is -0.120. The standard InChI is InChI=1S/C10H20N2O/c1-12(8-4-5-8)9(6-13)10(11)7-2-3-7/h7-10,13H,2-6,11H2,1H3. The summed E-state index contributed by atoms with van der Waals surface area (Å²) in [5.41, 5.74) is 6.10. The van der Waals surface area contributed by atoms with Gasteiger partial charge in [0.1, 0.15) is 0 Å². The van der Waals surface area contributed by atoms with E-state index in [1.807, 2.05) is 0 Å². The lowest BCUT2D eigenvalue weighted by Gasteiger charge is -2.31. The van der Waals surface area contributed by atoms with Crippen LogP contribution in [0.4, 0.5) is 0 Å². The van der Waals surface area contributed by atoms with E-state index in [4.69, 9.17) is 5.73 Å². The van der Waals surface area contributed by atoms with Crippen molar-refractivity contribution < 1.29 is 5.11 Å².